The molecule has 4 nitrogen and oxygen atoms in total. The predicted molar refractivity (Wildman–Crippen MR) is 64.6 cm³/mol. The summed E-state index contributed by atoms with van der Waals surface area (Å²) < 4.78 is 0. The first-order valence-electron chi connectivity index (χ1n) is 5.42. The highest BCUT2D eigenvalue weighted by Gasteiger charge is 2.14. The van der Waals surface area contributed by atoms with Crippen LogP contribution in [-0.4, -0.2) is 21.8 Å². The number of benzene rings is 1. The van der Waals surface area contributed by atoms with Gasteiger partial charge in [-0.1, -0.05) is 6.92 Å². The molecule has 0 atom stereocenters. The summed E-state index contributed by atoms with van der Waals surface area (Å²) in [5.74, 6) is -1.04. The third-order valence-electron chi connectivity index (χ3n) is 2.88. The van der Waals surface area contributed by atoms with E-state index in [1.54, 1.807) is 18.3 Å². The molecule has 2 N–H and O–H groups in total. The fourth-order valence-electron chi connectivity index (χ4n) is 2.00. The second-order valence-corrected chi connectivity index (χ2v) is 3.98. The van der Waals surface area contributed by atoms with Gasteiger partial charge in [0, 0.05) is 22.7 Å². The van der Waals surface area contributed by atoms with Crippen LogP contribution in [0.5, 0.6) is 0 Å². The molecule has 1 heterocycles. The molecule has 0 aliphatic rings. The number of aromatic carboxylic acids is 1. The Balaban J connectivity index is 2.81. The van der Waals surface area contributed by atoms with E-state index in [1.165, 1.54) is 6.92 Å². The molecule has 0 bridgehead atoms. The number of carbonyl (C=O) groups is 2. The molecular formula is C13H13NO3. The maximum Gasteiger partial charge on any atom is 0.335 e. The minimum Gasteiger partial charge on any atom is -0.478 e. The lowest BCUT2D eigenvalue weighted by atomic mass is 10.0. The molecule has 17 heavy (non-hydrogen) atoms. The van der Waals surface area contributed by atoms with Crippen molar-refractivity contribution in [2.75, 3.05) is 0 Å². The van der Waals surface area contributed by atoms with Crippen LogP contribution in [0.4, 0.5) is 0 Å². The minimum atomic E-state index is -0.975. The number of H-pyrrole nitrogens is 1. The Morgan fingerprint density at radius 3 is 2.59 bits per heavy atom. The van der Waals surface area contributed by atoms with Crippen molar-refractivity contribution in [3.8, 4) is 0 Å². The zero-order valence-corrected chi connectivity index (χ0v) is 9.70. The second kappa shape index (κ2) is 4.05. The Hall–Kier alpha value is -2.10. The Labute approximate surface area is 98.3 Å². The van der Waals surface area contributed by atoms with Crippen LogP contribution >= 0.6 is 0 Å². The molecule has 2 aromatic rings. The molecule has 0 unspecified atom stereocenters. The number of hydrogen-bond donors (Lipinski definition) is 2. The Morgan fingerprint density at radius 2 is 2.06 bits per heavy atom. The van der Waals surface area contributed by atoms with Crippen molar-refractivity contribution in [3.63, 3.8) is 0 Å². The number of carbonyl (C=O) groups excluding carboxylic acids is 1. The fourth-order valence-corrected chi connectivity index (χ4v) is 2.00. The van der Waals surface area contributed by atoms with Crippen molar-refractivity contribution >= 4 is 22.7 Å². The third kappa shape index (κ3) is 1.82. The molecule has 0 amide bonds. The van der Waals surface area contributed by atoms with Gasteiger partial charge in [0.05, 0.1) is 5.56 Å². The van der Waals surface area contributed by atoms with Crippen LogP contribution in [0.2, 0.25) is 0 Å². The number of aromatic nitrogens is 1. The number of ketones is 1. The lowest BCUT2D eigenvalue weighted by molar-refractivity contribution is 0.0696. The minimum absolute atomic E-state index is 0.0687. The van der Waals surface area contributed by atoms with Crippen molar-refractivity contribution in [2.24, 2.45) is 0 Å². The van der Waals surface area contributed by atoms with E-state index in [0.717, 1.165) is 17.5 Å². The van der Waals surface area contributed by atoms with Gasteiger partial charge in [-0.05, 0) is 31.0 Å². The van der Waals surface area contributed by atoms with Gasteiger partial charge >= 0.3 is 5.97 Å². The first-order valence-corrected chi connectivity index (χ1v) is 5.42. The molecule has 0 radical (unpaired) electrons. The molecule has 0 fully saturated rings. The summed E-state index contributed by atoms with van der Waals surface area (Å²) >= 11 is 0. The van der Waals surface area contributed by atoms with Gasteiger partial charge in [-0.3, -0.25) is 4.79 Å². The number of hydrogen-bond acceptors (Lipinski definition) is 2. The van der Waals surface area contributed by atoms with Crippen LogP contribution < -0.4 is 0 Å². The summed E-state index contributed by atoms with van der Waals surface area (Å²) in [4.78, 5) is 25.5. The maximum atomic E-state index is 11.4. The highest BCUT2D eigenvalue weighted by Crippen LogP contribution is 2.24. The van der Waals surface area contributed by atoms with Crippen LogP contribution in [0.15, 0.2) is 18.3 Å². The summed E-state index contributed by atoms with van der Waals surface area (Å²) in [6.45, 7) is 3.43. The SMILES string of the molecule is CCc1cc(C(=O)O)cc2c(C(C)=O)c[nH]c12. The number of fused-ring (bicyclic) bond motifs is 1. The van der Waals surface area contributed by atoms with E-state index in [0.29, 0.717) is 10.9 Å². The number of aromatic amines is 1. The van der Waals surface area contributed by atoms with Gasteiger partial charge in [0.25, 0.3) is 0 Å². The summed E-state index contributed by atoms with van der Waals surface area (Å²) in [5.41, 5.74) is 2.52. The second-order valence-electron chi connectivity index (χ2n) is 3.98. The number of carboxylic acid groups (broad SMARTS) is 1. The van der Waals surface area contributed by atoms with Crippen molar-refractivity contribution in [1.82, 2.24) is 4.98 Å². The molecule has 1 aromatic heterocycles. The van der Waals surface area contributed by atoms with Gasteiger partial charge in [0.1, 0.15) is 0 Å². The van der Waals surface area contributed by atoms with Crippen LogP contribution in [0.25, 0.3) is 10.9 Å². The number of rotatable bonds is 3. The van der Waals surface area contributed by atoms with Gasteiger partial charge < -0.3 is 10.1 Å². The molecule has 0 saturated heterocycles. The highest BCUT2D eigenvalue weighted by atomic mass is 16.4. The lowest BCUT2D eigenvalue weighted by Crippen LogP contribution is -1.99. The topological polar surface area (TPSA) is 70.2 Å². The predicted octanol–water partition coefficient (Wildman–Crippen LogP) is 2.63. The smallest absolute Gasteiger partial charge is 0.335 e. The van der Waals surface area contributed by atoms with E-state index in [2.05, 4.69) is 4.98 Å². The molecule has 0 aliphatic carbocycles. The number of nitrogens with one attached hydrogen (secondary N) is 1. The number of aryl methyl sites for hydroxylation is 1. The van der Waals surface area contributed by atoms with Gasteiger partial charge in [-0.15, -0.1) is 0 Å². The van der Waals surface area contributed by atoms with Crippen molar-refractivity contribution in [1.29, 1.82) is 0 Å². The number of Topliss-reactive ketones (excluding diaryl/α,β-unsaturated/α-hetero) is 1. The van der Waals surface area contributed by atoms with Crippen molar-refractivity contribution < 1.29 is 14.7 Å². The fraction of sp³-hybridized carbons (Fsp3) is 0.231. The zero-order chi connectivity index (χ0) is 12.6. The van der Waals surface area contributed by atoms with Crippen LogP contribution in [-0.2, 0) is 6.42 Å². The molecule has 2 rings (SSSR count). The molecule has 1 aromatic carbocycles. The molecule has 4 heteroatoms. The average molecular weight is 231 g/mol. The van der Waals surface area contributed by atoms with E-state index in [4.69, 9.17) is 5.11 Å². The largest absolute Gasteiger partial charge is 0.478 e. The van der Waals surface area contributed by atoms with E-state index in [1.807, 2.05) is 6.92 Å². The third-order valence-corrected chi connectivity index (χ3v) is 2.88. The summed E-state index contributed by atoms with van der Waals surface area (Å²) in [6, 6.07) is 3.19. The summed E-state index contributed by atoms with van der Waals surface area (Å²) in [6.07, 6.45) is 2.35. The summed E-state index contributed by atoms with van der Waals surface area (Å²) in [5, 5.41) is 9.73. The molecule has 88 valence electrons. The molecule has 0 aliphatic heterocycles. The Bertz CT molecular complexity index is 610. The van der Waals surface area contributed by atoms with E-state index in [-0.39, 0.29) is 11.3 Å². The molecule has 0 saturated carbocycles. The maximum absolute atomic E-state index is 11.4. The normalized spacial score (nSPS) is 10.7. The highest BCUT2D eigenvalue weighted by molar-refractivity contribution is 6.09. The van der Waals surface area contributed by atoms with Crippen molar-refractivity contribution in [3.05, 3.63) is 35.0 Å². The summed E-state index contributed by atoms with van der Waals surface area (Å²) in [7, 11) is 0. The first kappa shape index (κ1) is 11.4. The van der Waals surface area contributed by atoms with Crippen LogP contribution in [0.3, 0.4) is 0 Å². The first-order chi connectivity index (χ1) is 8.04. The quantitative estimate of drug-likeness (QED) is 0.798. The Morgan fingerprint density at radius 1 is 1.35 bits per heavy atom. The van der Waals surface area contributed by atoms with E-state index < -0.39 is 5.97 Å². The van der Waals surface area contributed by atoms with Gasteiger partial charge in [-0.2, -0.15) is 0 Å². The van der Waals surface area contributed by atoms with Gasteiger partial charge in [-0.25, -0.2) is 4.79 Å². The lowest BCUT2D eigenvalue weighted by Gasteiger charge is -2.03. The zero-order valence-electron chi connectivity index (χ0n) is 9.70. The standard InChI is InChI=1S/C13H13NO3/c1-3-8-4-9(13(16)17)5-10-11(7(2)15)6-14-12(8)10/h4-6,14H,3H2,1-2H3,(H,16,17). The monoisotopic (exact) mass is 231 g/mol. The number of carboxylic acids is 1. The molecular weight excluding hydrogens is 218 g/mol. The van der Waals surface area contributed by atoms with Gasteiger partial charge in [0.2, 0.25) is 0 Å². The average Bonchev–Trinajstić information content (AvgIpc) is 2.70. The Kier molecular flexibility index (Phi) is 2.71. The van der Waals surface area contributed by atoms with Crippen molar-refractivity contribution in [2.45, 2.75) is 20.3 Å². The van der Waals surface area contributed by atoms with E-state index >= 15 is 0 Å². The van der Waals surface area contributed by atoms with Crippen LogP contribution in [0, 0.1) is 0 Å². The molecule has 0 spiro atoms. The van der Waals surface area contributed by atoms with Gasteiger partial charge in [0.15, 0.2) is 5.78 Å². The van der Waals surface area contributed by atoms with E-state index in [9.17, 15) is 9.59 Å². The van der Waals surface area contributed by atoms with Crippen LogP contribution in [0.1, 0.15) is 40.1 Å².